The van der Waals surface area contributed by atoms with E-state index in [9.17, 15) is 32.7 Å². The molecule has 1 aromatic heterocycles. The molecule has 0 saturated carbocycles. The Labute approximate surface area is 164 Å². The van der Waals surface area contributed by atoms with Crippen molar-refractivity contribution in [3.63, 3.8) is 0 Å². The molecule has 1 saturated heterocycles. The van der Waals surface area contributed by atoms with Gasteiger partial charge in [0.15, 0.2) is 0 Å². The summed E-state index contributed by atoms with van der Waals surface area (Å²) in [5.41, 5.74) is 0.482. The monoisotopic (exact) mass is 413 g/mol. The van der Waals surface area contributed by atoms with Gasteiger partial charge in [0.05, 0.1) is 18.0 Å². The first-order chi connectivity index (χ1) is 13.6. The molecule has 0 aliphatic carbocycles. The van der Waals surface area contributed by atoms with Crippen LogP contribution in [0.1, 0.15) is 31.1 Å². The van der Waals surface area contributed by atoms with E-state index >= 15 is 0 Å². The molecule has 2 N–H and O–H groups in total. The average molecular weight is 413 g/mol. The van der Waals surface area contributed by atoms with Crippen LogP contribution in [-0.2, 0) is 16.1 Å². The molecule has 1 aromatic rings. The van der Waals surface area contributed by atoms with E-state index in [2.05, 4.69) is 0 Å². The number of nitrogens with zero attached hydrogens (tertiary/aromatic N) is 2. The topological polar surface area (TPSA) is 91.6 Å². The molecule has 3 heterocycles. The molecule has 158 valence electrons. The van der Waals surface area contributed by atoms with Gasteiger partial charge in [0.25, 0.3) is 5.56 Å². The summed E-state index contributed by atoms with van der Waals surface area (Å²) in [5, 5.41) is 11.8. The van der Waals surface area contributed by atoms with E-state index in [-0.39, 0.29) is 18.0 Å². The summed E-state index contributed by atoms with van der Waals surface area (Å²) in [7, 11) is 0. The first kappa shape index (κ1) is 21.1. The van der Waals surface area contributed by atoms with E-state index in [0.717, 1.165) is 0 Å². The molecule has 10 heteroatoms. The van der Waals surface area contributed by atoms with Gasteiger partial charge in [-0.25, -0.2) is 0 Å². The molecule has 29 heavy (non-hydrogen) atoms. The van der Waals surface area contributed by atoms with E-state index in [1.54, 1.807) is 31.2 Å². The lowest BCUT2D eigenvalue weighted by molar-refractivity contribution is -0.143. The lowest BCUT2D eigenvalue weighted by Gasteiger charge is -2.37. The normalized spacial score (nSPS) is 25.9. The summed E-state index contributed by atoms with van der Waals surface area (Å²) in [5.74, 6) is -3.17. The quantitative estimate of drug-likeness (QED) is 0.773. The van der Waals surface area contributed by atoms with E-state index < -0.39 is 49.2 Å². The van der Waals surface area contributed by atoms with Gasteiger partial charge in [-0.15, -0.1) is 0 Å². The molecule has 3 rings (SSSR count). The van der Waals surface area contributed by atoms with Crippen LogP contribution in [0.4, 0.5) is 13.2 Å². The molecule has 7 nitrogen and oxygen atoms in total. The minimum atomic E-state index is -4.59. The Morgan fingerprint density at radius 1 is 1.34 bits per heavy atom. The summed E-state index contributed by atoms with van der Waals surface area (Å²) in [6.07, 6.45) is -1.26. The fourth-order valence-corrected chi connectivity index (χ4v) is 4.47. The molecule has 2 aliphatic rings. The zero-order chi connectivity index (χ0) is 21.5. The summed E-state index contributed by atoms with van der Waals surface area (Å²) in [6, 6.07) is 1.57. The Hall–Kier alpha value is -2.62. The highest BCUT2D eigenvalue weighted by Gasteiger charge is 2.57. The number of aliphatic hydroxyl groups excluding tert-OH is 1. The van der Waals surface area contributed by atoms with Crippen molar-refractivity contribution in [2.45, 2.75) is 38.7 Å². The predicted molar refractivity (Wildman–Crippen MR) is 97.6 cm³/mol. The zero-order valence-electron chi connectivity index (χ0n) is 15.9. The predicted octanol–water partition coefficient (Wildman–Crippen LogP) is 1.07. The maximum atomic E-state index is 12.8. The molecule has 1 fully saturated rings. The van der Waals surface area contributed by atoms with Crippen molar-refractivity contribution in [3.8, 4) is 0 Å². The van der Waals surface area contributed by atoms with Gasteiger partial charge in [-0.3, -0.25) is 14.4 Å². The van der Waals surface area contributed by atoms with Crippen molar-refractivity contribution in [1.29, 1.82) is 0 Å². The van der Waals surface area contributed by atoms with Gasteiger partial charge in [-0.2, -0.15) is 13.2 Å². The van der Waals surface area contributed by atoms with E-state index in [1.165, 1.54) is 16.4 Å². The van der Waals surface area contributed by atoms with Crippen LogP contribution in [0.15, 0.2) is 23.0 Å². The van der Waals surface area contributed by atoms with Crippen LogP contribution in [0, 0.1) is 11.8 Å². The third-order valence-corrected chi connectivity index (χ3v) is 5.55. The van der Waals surface area contributed by atoms with Crippen LogP contribution < -0.4 is 10.9 Å². The standard InChI is InChI=1S/C19H22F3N3O4/c1-3-4-11-5-6-13-16-15(17(28)23-9-19(20,21)22)12(8-26)14(25(16)10(2)27)7-24(13)18(11)29/h3-6,12,14-16,26H,7-9H2,1-2H3,(H,23,28)/b4-3+/t12-,14-,15+,16+/m0/s1. The fourth-order valence-electron chi connectivity index (χ4n) is 4.47. The van der Waals surface area contributed by atoms with Crippen molar-refractivity contribution >= 4 is 17.9 Å². The number of fused-ring (bicyclic) bond motifs is 4. The van der Waals surface area contributed by atoms with Crippen LogP contribution in [0.5, 0.6) is 0 Å². The van der Waals surface area contributed by atoms with Gasteiger partial charge in [0.1, 0.15) is 6.54 Å². The molecule has 0 aromatic carbocycles. The summed E-state index contributed by atoms with van der Waals surface area (Å²) in [4.78, 5) is 39.2. The van der Waals surface area contributed by atoms with Gasteiger partial charge in [0.2, 0.25) is 11.8 Å². The Morgan fingerprint density at radius 3 is 2.59 bits per heavy atom. The first-order valence-corrected chi connectivity index (χ1v) is 9.21. The minimum Gasteiger partial charge on any atom is -0.396 e. The lowest BCUT2D eigenvalue weighted by atomic mass is 9.86. The number of amides is 2. The Morgan fingerprint density at radius 2 is 2.03 bits per heavy atom. The van der Waals surface area contributed by atoms with Crippen LogP contribution in [-0.4, -0.2) is 51.8 Å². The largest absolute Gasteiger partial charge is 0.405 e. The molecular formula is C19H22F3N3O4. The van der Waals surface area contributed by atoms with Crippen LogP contribution in [0.2, 0.25) is 0 Å². The van der Waals surface area contributed by atoms with Crippen LogP contribution >= 0.6 is 0 Å². The Bertz CT molecular complexity index is 909. The fraction of sp³-hybridized carbons (Fsp3) is 0.526. The van der Waals surface area contributed by atoms with Gasteiger partial charge in [-0.1, -0.05) is 12.2 Å². The van der Waals surface area contributed by atoms with Crippen molar-refractivity contribution in [3.05, 3.63) is 39.8 Å². The minimum absolute atomic E-state index is 0.0594. The second kappa shape index (κ2) is 7.66. The van der Waals surface area contributed by atoms with Crippen LogP contribution in [0.25, 0.3) is 6.08 Å². The number of carbonyl (C=O) groups is 2. The number of nitrogens with one attached hydrogen (secondary N) is 1. The molecule has 2 bridgehead atoms. The molecular weight excluding hydrogens is 391 g/mol. The van der Waals surface area contributed by atoms with E-state index in [4.69, 9.17) is 0 Å². The van der Waals surface area contributed by atoms with Gasteiger partial charge < -0.3 is 19.9 Å². The summed E-state index contributed by atoms with van der Waals surface area (Å²) < 4.78 is 39.2. The van der Waals surface area contributed by atoms with E-state index in [0.29, 0.717) is 11.3 Å². The molecule has 0 unspecified atom stereocenters. The number of aromatic nitrogens is 1. The van der Waals surface area contributed by atoms with Gasteiger partial charge >= 0.3 is 6.18 Å². The summed E-state index contributed by atoms with van der Waals surface area (Å²) in [6.45, 7) is 1.11. The Balaban J connectivity index is 2.09. The number of hydrogen-bond acceptors (Lipinski definition) is 4. The third kappa shape index (κ3) is 3.68. The number of aliphatic hydroxyl groups is 1. The number of rotatable bonds is 4. The Kier molecular flexibility index (Phi) is 5.57. The summed E-state index contributed by atoms with van der Waals surface area (Å²) >= 11 is 0. The number of hydrogen-bond donors (Lipinski definition) is 2. The molecule has 2 aliphatic heterocycles. The van der Waals surface area contributed by atoms with Crippen molar-refractivity contribution in [2.24, 2.45) is 11.8 Å². The molecule has 0 spiro atoms. The molecule has 4 atom stereocenters. The second-order valence-corrected chi connectivity index (χ2v) is 7.27. The van der Waals surface area contributed by atoms with Crippen molar-refractivity contribution < 1.29 is 27.9 Å². The van der Waals surface area contributed by atoms with Crippen molar-refractivity contribution in [2.75, 3.05) is 13.2 Å². The number of allylic oxidation sites excluding steroid dienone is 1. The van der Waals surface area contributed by atoms with Gasteiger partial charge in [-0.05, 0) is 19.1 Å². The third-order valence-electron chi connectivity index (χ3n) is 5.55. The maximum Gasteiger partial charge on any atom is 0.405 e. The SMILES string of the molecule is C/C=C/c1ccc2n(c1=O)C[C@H]1[C@H](CO)[C@@H](C(=O)NCC(F)(F)F)[C@@H]2N1C(C)=O. The molecule has 0 radical (unpaired) electrons. The number of alkyl halides is 3. The van der Waals surface area contributed by atoms with Gasteiger partial charge in [0, 0.05) is 37.3 Å². The highest BCUT2D eigenvalue weighted by atomic mass is 19.4. The maximum absolute atomic E-state index is 12.8. The average Bonchev–Trinajstić information content (AvgIpc) is 2.89. The lowest BCUT2D eigenvalue weighted by Crippen LogP contribution is -2.48. The highest BCUT2D eigenvalue weighted by Crippen LogP contribution is 2.48. The smallest absolute Gasteiger partial charge is 0.396 e. The second-order valence-electron chi connectivity index (χ2n) is 7.27. The van der Waals surface area contributed by atoms with Crippen molar-refractivity contribution in [1.82, 2.24) is 14.8 Å². The highest BCUT2D eigenvalue weighted by molar-refractivity contribution is 5.83. The number of pyridine rings is 1. The number of carbonyl (C=O) groups excluding carboxylic acids is 2. The molecule has 2 amide bonds. The van der Waals surface area contributed by atoms with Crippen LogP contribution in [0.3, 0.4) is 0 Å². The van der Waals surface area contributed by atoms with E-state index in [1.807, 2.05) is 5.32 Å². The first-order valence-electron chi connectivity index (χ1n) is 9.21. The number of halogens is 3. The zero-order valence-corrected chi connectivity index (χ0v) is 15.9.